The number of rotatable bonds is 6. The fourth-order valence-electron chi connectivity index (χ4n) is 1.94. The largest absolute Gasteiger partial charge is 0.457 e. The molecule has 0 bridgehead atoms. The average Bonchev–Trinajstić information content (AvgIpc) is 2.41. The van der Waals surface area contributed by atoms with Crippen molar-refractivity contribution in [1.29, 1.82) is 0 Å². The van der Waals surface area contributed by atoms with Crippen LogP contribution in [0.1, 0.15) is 19.4 Å². The Balaban J connectivity index is 2.14. The number of hydrogen-bond donors (Lipinski definition) is 1. The van der Waals surface area contributed by atoms with Crippen LogP contribution in [0.2, 0.25) is 0 Å². The predicted molar refractivity (Wildman–Crippen MR) is 92.2 cm³/mol. The molecule has 0 spiro atoms. The number of ether oxygens (including phenoxy) is 1. The monoisotopic (exact) mass is 399 g/mol. The van der Waals surface area contributed by atoms with Crippen LogP contribution in [-0.4, -0.2) is 6.54 Å². The van der Waals surface area contributed by atoms with Crippen molar-refractivity contribution >= 4 is 22.6 Å². The van der Waals surface area contributed by atoms with E-state index in [0.29, 0.717) is 18.2 Å². The Kier molecular flexibility index (Phi) is 5.99. The quantitative estimate of drug-likeness (QED) is 0.693. The Labute approximate surface area is 138 Å². The fraction of sp³-hybridized carbons (Fsp3) is 0.294. The van der Waals surface area contributed by atoms with Crippen LogP contribution in [0.15, 0.2) is 42.5 Å². The molecule has 0 atom stereocenters. The molecule has 2 nitrogen and oxygen atoms in total. The summed E-state index contributed by atoms with van der Waals surface area (Å²) in [6.45, 7) is 5.76. The molecule has 0 saturated carbocycles. The number of benzene rings is 2. The van der Waals surface area contributed by atoms with Crippen molar-refractivity contribution in [3.63, 3.8) is 0 Å². The molecule has 0 radical (unpaired) electrons. The van der Waals surface area contributed by atoms with E-state index in [1.165, 1.54) is 12.1 Å². The summed E-state index contributed by atoms with van der Waals surface area (Å²) in [6, 6.07) is 12.4. The summed E-state index contributed by atoms with van der Waals surface area (Å²) < 4.78 is 20.4. The molecule has 0 heterocycles. The third-order valence-corrected chi connectivity index (χ3v) is 3.59. The highest BCUT2D eigenvalue weighted by Crippen LogP contribution is 2.27. The van der Waals surface area contributed by atoms with Gasteiger partial charge in [0.05, 0.1) is 0 Å². The molecule has 2 aromatic carbocycles. The number of halogens is 2. The average molecular weight is 399 g/mol. The summed E-state index contributed by atoms with van der Waals surface area (Å²) in [5, 5.41) is 3.32. The van der Waals surface area contributed by atoms with Crippen LogP contribution in [0.4, 0.5) is 4.39 Å². The van der Waals surface area contributed by atoms with E-state index in [-0.39, 0.29) is 5.82 Å². The molecule has 112 valence electrons. The molecule has 0 unspecified atom stereocenters. The standard InChI is InChI=1S/C17H19FINO/c1-12(2)10-20-11-13-8-14(18)6-7-17(13)21-16-5-3-4-15(19)9-16/h3-9,12,20H,10-11H2,1-2H3. The van der Waals surface area contributed by atoms with Gasteiger partial charge in [0.25, 0.3) is 0 Å². The van der Waals surface area contributed by atoms with Gasteiger partial charge in [-0.15, -0.1) is 0 Å². The minimum Gasteiger partial charge on any atom is -0.457 e. The van der Waals surface area contributed by atoms with E-state index in [4.69, 9.17) is 4.74 Å². The maximum absolute atomic E-state index is 13.5. The molecule has 2 aromatic rings. The lowest BCUT2D eigenvalue weighted by Gasteiger charge is -2.13. The fourth-order valence-corrected chi connectivity index (χ4v) is 2.45. The lowest BCUT2D eigenvalue weighted by molar-refractivity contribution is 0.466. The lowest BCUT2D eigenvalue weighted by atomic mass is 10.1. The van der Waals surface area contributed by atoms with Gasteiger partial charge in [0.1, 0.15) is 17.3 Å². The molecule has 0 aliphatic heterocycles. The molecule has 0 aromatic heterocycles. The van der Waals surface area contributed by atoms with Gasteiger partial charge in [-0.1, -0.05) is 19.9 Å². The maximum Gasteiger partial charge on any atom is 0.132 e. The zero-order valence-electron chi connectivity index (χ0n) is 12.2. The molecule has 0 aliphatic carbocycles. The Morgan fingerprint density at radius 2 is 2.00 bits per heavy atom. The second-order valence-electron chi connectivity index (χ2n) is 5.34. The van der Waals surface area contributed by atoms with Crippen LogP contribution in [0.25, 0.3) is 0 Å². The van der Waals surface area contributed by atoms with Gasteiger partial charge in [-0.05, 0) is 71.5 Å². The van der Waals surface area contributed by atoms with Crippen molar-refractivity contribution in [2.24, 2.45) is 5.92 Å². The van der Waals surface area contributed by atoms with Crippen molar-refractivity contribution in [2.75, 3.05) is 6.54 Å². The van der Waals surface area contributed by atoms with E-state index in [2.05, 4.69) is 41.8 Å². The Morgan fingerprint density at radius 1 is 1.19 bits per heavy atom. The summed E-state index contributed by atoms with van der Waals surface area (Å²) in [5.74, 6) is 1.76. The zero-order chi connectivity index (χ0) is 15.2. The molecule has 4 heteroatoms. The van der Waals surface area contributed by atoms with Crippen molar-refractivity contribution < 1.29 is 9.13 Å². The zero-order valence-corrected chi connectivity index (χ0v) is 14.4. The third-order valence-electron chi connectivity index (χ3n) is 2.91. The minimum absolute atomic E-state index is 0.244. The van der Waals surface area contributed by atoms with Gasteiger partial charge in [-0.25, -0.2) is 4.39 Å². The smallest absolute Gasteiger partial charge is 0.132 e. The Hall–Kier alpha value is -1.14. The van der Waals surface area contributed by atoms with Crippen LogP contribution in [0.3, 0.4) is 0 Å². The van der Waals surface area contributed by atoms with E-state index >= 15 is 0 Å². The Bertz CT molecular complexity index is 601. The van der Waals surface area contributed by atoms with Gasteiger partial charge in [-0.2, -0.15) is 0 Å². The van der Waals surface area contributed by atoms with E-state index in [0.717, 1.165) is 21.4 Å². The van der Waals surface area contributed by atoms with Crippen LogP contribution in [-0.2, 0) is 6.54 Å². The first-order chi connectivity index (χ1) is 10.0. The van der Waals surface area contributed by atoms with Gasteiger partial charge in [0.15, 0.2) is 0 Å². The molecule has 2 rings (SSSR count). The molecule has 0 saturated heterocycles. The summed E-state index contributed by atoms with van der Waals surface area (Å²) >= 11 is 2.24. The number of hydrogen-bond acceptors (Lipinski definition) is 2. The summed E-state index contributed by atoms with van der Waals surface area (Å²) in [4.78, 5) is 0. The van der Waals surface area contributed by atoms with Crippen LogP contribution in [0.5, 0.6) is 11.5 Å². The van der Waals surface area contributed by atoms with Crippen molar-refractivity contribution in [3.05, 3.63) is 57.4 Å². The van der Waals surface area contributed by atoms with Gasteiger partial charge in [0.2, 0.25) is 0 Å². The highest BCUT2D eigenvalue weighted by molar-refractivity contribution is 14.1. The van der Waals surface area contributed by atoms with E-state index in [1.54, 1.807) is 6.07 Å². The third kappa shape index (κ3) is 5.28. The first-order valence-corrected chi connectivity index (χ1v) is 8.05. The molecule has 0 amide bonds. The molecule has 0 aliphatic rings. The van der Waals surface area contributed by atoms with Gasteiger partial charge in [0, 0.05) is 15.7 Å². The van der Waals surface area contributed by atoms with Gasteiger partial charge in [-0.3, -0.25) is 0 Å². The maximum atomic E-state index is 13.5. The molecule has 0 fully saturated rings. The SMILES string of the molecule is CC(C)CNCc1cc(F)ccc1Oc1cccc(I)c1. The summed E-state index contributed by atoms with van der Waals surface area (Å²) in [6.07, 6.45) is 0. The first-order valence-electron chi connectivity index (χ1n) is 6.97. The first kappa shape index (κ1) is 16.2. The topological polar surface area (TPSA) is 21.3 Å². The van der Waals surface area contributed by atoms with Crippen LogP contribution >= 0.6 is 22.6 Å². The van der Waals surface area contributed by atoms with E-state index < -0.39 is 0 Å². The van der Waals surface area contributed by atoms with Crippen molar-refractivity contribution in [1.82, 2.24) is 5.32 Å². The highest BCUT2D eigenvalue weighted by Gasteiger charge is 2.07. The second-order valence-corrected chi connectivity index (χ2v) is 6.58. The second kappa shape index (κ2) is 7.75. The minimum atomic E-state index is -0.244. The normalized spacial score (nSPS) is 10.9. The van der Waals surface area contributed by atoms with Crippen LogP contribution in [0, 0.1) is 15.3 Å². The summed E-state index contributed by atoms with van der Waals surface area (Å²) in [5.41, 5.74) is 0.828. The number of nitrogens with one attached hydrogen (secondary N) is 1. The van der Waals surface area contributed by atoms with Gasteiger partial charge < -0.3 is 10.1 Å². The molecular weight excluding hydrogens is 380 g/mol. The Morgan fingerprint density at radius 3 is 2.71 bits per heavy atom. The molecular formula is C17H19FINO. The van der Waals surface area contributed by atoms with E-state index in [1.807, 2.05) is 24.3 Å². The predicted octanol–water partition coefficient (Wildman–Crippen LogP) is 4.97. The van der Waals surface area contributed by atoms with E-state index in [9.17, 15) is 4.39 Å². The lowest BCUT2D eigenvalue weighted by Crippen LogP contribution is -2.19. The summed E-state index contributed by atoms with van der Waals surface area (Å²) in [7, 11) is 0. The van der Waals surface area contributed by atoms with Crippen LogP contribution < -0.4 is 10.1 Å². The molecule has 1 N–H and O–H groups in total. The van der Waals surface area contributed by atoms with Crippen molar-refractivity contribution in [2.45, 2.75) is 20.4 Å². The highest BCUT2D eigenvalue weighted by atomic mass is 127. The van der Waals surface area contributed by atoms with Crippen molar-refractivity contribution in [3.8, 4) is 11.5 Å². The van der Waals surface area contributed by atoms with Gasteiger partial charge >= 0.3 is 0 Å². The molecule has 21 heavy (non-hydrogen) atoms.